The fraction of sp³-hybridized carbons (Fsp3) is 0.188. The van der Waals surface area contributed by atoms with Crippen LogP contribution in [0.15, 0.2) is 41.3 Å². The highest BCUT2D eigenvalue weighted by Gasteiger charge is 2.26. The number of halogens is 3. The predicted octanol–water partition coefficient (Wildman–Crippen LogP) is 3.45. The van der Waals surface area contributed by atoms with Crippen molar-refractivity contribution in [3.8, 4) is 5.75 Å². The standard InChI is InChI=1S/C16H15Cl2FN2O4S/c1-9(16(22)20-15-11(17)4-3-5-12(15)18)21-26(23,24)14-8-10(19)6-7-13(14)25-2/h3-9,21H,1-2H3,(H,20,22). The van der Waals surface area contributed by atoms with Crippen LogP contribution < -0.4 is 14.8 Å². The number of carbonyl (C=O) groups is 1. The lowest BCUT2D eigenvalue weighted by Gasteiger charge is -2.17. The minimum atomic E-state index is -4.22. The number of benzene rings is 2. The van der Waals surface area contributed by atoms with E-state index in [4.69, 9.17) is 27.9 Å². The molecule has 0 spiro atoms. The molecule has 0 aromatic heterocycles. The molecule has 10 heteroatoms. The SMILES string of the molecule is COc1ccc(F)cc1S(=O)(=O)NC(C)C(=O)Nc1c(Cl)cccc1Cl. The van der Waals surface area contributed by atoms with Gasteiger partial charge in [-0.3, -0.25) is 4.79 Å². The van der Waals surface area contributed by atoms with E-state index in [2.05, 4.69) is 10.0 Å². The van der Waals surface area contributed by atoms with E-state index in [1.165, 1.54) is 32.2 Å². The number of carbonyl (C=O) groups excluding carboxylic acids is 1. The second kappa shape index (κ2) is 8.22. The number of sulfonamides is 1. The molecule has 2 aromatic carbocycles. The molecule has 1 amide bonds. The third kappa shape index (κ3) is 4.64. The highest BCUT2D eigenvalue weighted by molar-refractivity contribution is 7.89. The molecule has 6 nitrogen and oxygen atoms in total. The van der Waals surface area contributed by atoms with Crippen LogP contribution >= 0.6 is 23.2 Å². The minimum absolute atomic E-state index is 0.0549. The van der Waals surface area contributed by atoms with E-state index in [0.29, 0.717) is 0 Å². The van der Waals surface area contributed by atoms with Crippen LogP contribution in [0, 0.1) is 5.82 Å². The molecule has 140 valence electrons. The van der Waals surface area contributed by atoms with E-state index in [0.717, 1.165) is 12.1 Å². The molecule has 2 rings (SSSR count). The van der Waals surface area contributed by atoms with Crippen LogP contribution in [-0.2, 0) is 14.8 Å². The van der Waals surface area contributed by atoms with Crippen LogP contribution in [0.4, 0.5) is 10.1 Å². The zero-order valence-electron chi connectivity index (χ0n) is 13.7. The van der Waals surface area contributed by atoms with Crippen LogP contribution in [-0.4, -0.2) is 27.5 Å². The Morgan fingerprint density at radius 2 is 1.81 bits per heavy atom. The molecule has 0 saturated carbocycles. The second-order valence-corrected chi connectivity index (χ2v) is 7.72. The molecular formula is C16H15Cl2FN2O4S. The Balaban J connectivity index is 2.22. The molecular weight excluding hydrogens is 406 g/mol. The van der Waals surface area contributed by atoms with Crippen LogP contribution in [0.3, 0.4) is 0 Å². The van der Waals surface area contributed by atoms with E-state index in [1.807, 2.05) is 0 Å². The lowest BCUT2D eigenvalue weighted by Crippen LogP contribution is -2.41. The Labute approximate surface area is 160 Å². The van der Waals surface area contributed by atoms with Crippen molar-refractivity contribution in [2.75, 3.05) is 12.4 Å². The smallest absolute Gasteiger partial charge is 0.245 e. The van der Waals surface area contributed by atoms with Crippen molar-refractivity contribution >= 4 is 44.8 Å². The molecule has 2 N–H and O–H groups in total. The van der Waals surface area contributed by atoms with Gasteiger partial charge in [-0.05, 0) is 37.3 Å². The molecule has 2 aromatic rings. The van der Waals surface area contributed by atoms with Gasteiger partial charge < -0.3 is 10.1 Å². The van der Waals surface area contributed by atoms with Crippen molar-refractivity contribution < 1.29 is 22.3 Å². The number of amides is 1. The average molecular weight is 421 g/mol. The molecule has 0 aliphatic heterocycles. The number of nitrogens with one attached hydrogen (secondary N) is 2. The van der Waals surface area contributed by atoms with Crippen molar-refractivity contribution in [2.24, 2.45) is 0 Å². The first kappa shape index (κ1) is 20.4. The summed E-state index contributed by atoms with van der Waals surface area (Å²) < 4.78 is 45.5. The number of hydrogen-bond donors (Lipinski definition) is 2. The average Bonchev–Trinajstić information content (AvgIpc) is 2.57. The topological polar surface area (TPSA) is 84.5 Å². The summed E-state index contributed by atoms with van der Waals surface area (Å²) in [6, 6.07) is 6.50. The molecule has 1 atom stereocenters. The second-order valence-electron chi connectivity index (χ2n) is 5.22. The highest BCUT2D eigenvalue weighted by Crippen LogP contribution is 2.30. The fourth-order valence-electron chi connectivity index (χ4n) is 2.06. The quantitative estimate of drug-likeness (QED) is 0.749. The summed E-state index contributed by atoms with van der Waals surface area (Å²) in [6.45, 7) is 1.32. The van der Waals surface area contributed by atoms with Crippen molar-refractivity contribution in [1.82, 2.24) is 4.72 Å². The first-order valence-electron chi connectivity index (χ1n) is 7.26. The highest BCUT2D eigenvalue weighted by atomic mass is 35.5. The van der Waals surface area contributed by atoms with Gasteiger partial charge in [0.05, 0.1) is 28.9 Å². The molecule has 0 fully saturated rings. The predicted molar refractivity (Wildman–Crippen MR) is 97.8 cm³/mol. The maximum atomic E-state index is 13.4. The van der Waals surface area contributed by atoms with Gasteiger partial charge in [0.25, 0.3) is 0 Å². The maximum Gasteiger partial charge on any atom is 0.245 e. The molecule has 0 radical (unpaired) electrons. The lowest BCUT2D eigenvalue weighted by molar-refractivity contribution is -0.117. The number of anilines is 1. The maximum absolute atomic E-state index is 13.4. The van der Waals surface area contributed by atoms with Gasteiger partial charge in [0.2, 0.25) is 15.9 Å². The zero-order valence-corrected chi connectivity index (χ0v) is 16.0. The zero-order chi connectivity index (χ0) is 19.5. The number of para-hydroxylation sites is 1. The fourth-order valence-corrected chi connectivity index (χ4v) is 3.93. The van der Waals surface area contributed by atoms with E-state index in [1.54, 1.807) is 6.07 Å². The van der Waals surface area contributed by atoms with Gasteiger partial charge in [-0.25, -0.2) is 12.8 Å². The molecule has 1 unspecified atom stereocenters. The first-order valence-corrected chi connectivity index (χ1v) is 9.50. The van der Waals surface area contributed by atoms with E-state index in [-0.39, 0.29) is 21.5 Å². The summed E-state index contributed by atoms with van der Waals surface area (Å²) in [7, 11) is -2.97. The number of hydrogen-bond acceptors (Lipinski definition) is 4. The Bertz CT molecular complexity index is 918. The van der Waals surface area contributed by atoms with Gasteiger partial charge in [-0.1, -0.05) is 29.3 Å². The van der Waals surface area contributed by atoms with Crippen LogP contribution in [0.1, 0.15) is 6.92 Å². The van der Waals surface area contributed by atoms with Crippen molar-refractivity contribution in [2.45, 2.75) is 17.9 Å². The summed E-state index contributed by atoms with van der Waals surface area (Å²) in [5, 5.41) is 2.86. The third-order valence-corrected chi connectivity index (χ3v) is 5.54. The Hall–Kier alpha value is -1.87. The van der Waals surface area contributed by atoms with Crippen molar-refractivity contribution in [3.05, 3.63) is 52.3 Å². The molecule has 0 aliphatic rings. The van der Waals surface area contributed by atoms with Gasteiger partial charge >= 0.3 is 0 Å². The van der Waals surface area contributed by atoms with Gasteiger partial charge in [-0.2, -0.15) is 4.72 Å². The van der Waals surface area contributed by atoms with Gasteiger partial charge in [0, 0.05) is 0 Å². The van der Waals surface area contributed by atoms with Crippen molar-refractivity contribution in [1.29, 1.82) is 0 Å². The molecule has 26 heavy (non-hydrogen) atoms. The first-order chi connectivity index (χ1) is 12.2. The van der Waals surface area contributed by atoms with E-state index in [9.17, 15) is 17.6 Å². The van der Waals surface area contributed by atoms with Crippen LogP contribution in [0.5, 0.6) is 5.75 Å². The third-order valence-electron chi connectivity index (χ3n) is 3.35. The summed E-state index contributed by atoms with van der Waals surface area (Å²) in [4.78, 5) is 11.9. The van der Waals surface area contributed by atoms with Crippen LogP contribution in [0.2, 0.25) is 10.0 Å². The van der Waals surface area contributed by atoms with Gasteiger partial charge in [-0.15, -0.1) is 0 Å². The normalized spacial score (nSPS) is 12.5. The lowest BCUT2D eigenvalue weighted by atomic mass is 10.3. The Morgan fingerprint density at radius 3 is 2.38 bits per heavy atom. The molecule has 0 aliphatic carbocycles. The Kier molecular flexibility index (Phi) is 6.46. The summed E-state index contributed by atoms with van der Waals surface area (Å²) >= 11 is 11.9. The van der Waals surface area contributed by atoms with Crippen LogP contribution in [0.25, 0.3) is 0 Å². The summed E-state index contributed by atoms with van der Waals surface area (Å²) in [6.07, 6.45) is 0. The summed E-state index contributed by atoms with van der Waals surface area (Å²) in [5.74, 6) is -1.51. The van der Waals surface area contributed by atoms with E-state index >= 15 is 0 Å². The largest absolute Gasteiger partial charge is 0.495 e. The van der Waals surface area contributed by atoms with Gasteiger partial charge in [0.15, 0.2) is 0 Å². The van der Waals surface area contributed by atoms with Crippen molar-refractivity contribution in [3.63, 3.8) is 0 Å². The minimum Gasteiger partial charge on any atom is -0.495 e. The van der Waals surface area contributed by atoms with E-state index < -0.39 is 32.7 Å². The number of rotatable bonds is 6. The van der Waals surface area contributed by atoms with Gasteiger partial charge in [0.1, 0.15) is 16.5 Å². The molecule has 0 bridgehead atoms. The number of methoxy groups -OCH3 is 1. The monoisotopic (exact) mass is 420 g/mol. The molecule has 0 saturated heterocycles. The summed E-state index contributed by atoms with van der Waals surface area (Å²) in [5.41, 5.74) is 0.162. The Morgan fingerprint density at radius 1 is 1.19 bits per heavy atom. The molecule has 0 heterocycles. The number of ether oxygens (including phenoxy) is 1.